The molecule has 2 unspecified atom stereocenters. The van der Waals surface area contributed by atoms with Crippen LogP contribution in [-0.4, -0.2) is 43.3 Å². The topological polar surface area (TPSA) is 50.3 Å². The van der Waals surface area contributed by atoms with Crippen molar-refractivity contribution in [2.45, 2.75) is 45.8 Å². The molecule has 1 N–H and O–H groups in total. The number of hydrogen-bond acceptors (Lipinski definition) is 5. The Labute approximate surface area is 128 Å². The SMILES string of the molecule is CNCc1nc(C(C)C)ncc1N1CCC(C)C(OC)C1. The first-order valence-electron chi connectivity index (χ1n) is 7.85. The number of nitrogens with one attached hydrogen (secondary N) is 1. The second-order valence-corrected chi connectivity index (χ2v) is 6.23. The smallest absolute Gasteiger partial charge is 0.131 e. The third-order valence-electron chi connectivity index (χ3n) is 4.26. The van der Waals surface area contributed by atoms with Gasteiger partial charge in [0.05, 0.1) is 23.7 Å². The monoisotopic (exact) mass is 292 g/mol. The van der Waals surface area contributed by atoms with E-state index in [9.17, 15) is 0 Å². The molecular formula is C16H28N4O. The number of hydrogen-bond donors (Lipinski definition) is 1. The molecule has 0 saturated carbocycles. The van der Waals surface area contributed by atoms with Crippen molar-refractivity contribution in [3.8, 4) is 0 Å². The van der Waals surface area contributed by atoms with E-state index in [-0.39, 0.29) is 6.10 Å². The molecule has 5 heteroatoms. The average molecular weight is 292 g/mol. The van der Waals surface area contributed by atoms with Crippen molar-refractivity contribution in [1.82, 2.24) is 15.3 Å². The second-order valence-electron chi connectivity index (χ2n) is 6.23. The van der Waals surface area contributed by atoms with E-state index in [2.05, 4.69) is 36.0 Å². The van der Waals surface area contributed by atoms with E-state index in [0.29, 0.717) is 11.8 Å². The van der Waals surface area contributed by atoms with Crippen LogP contribution in [0.5, 0.6) is 0 Å². The molecule has 1 aliphatic heterocycles. The number of aromatic nitrogens is 2. The molecule has 1 aliphatic rings. The van der Waals surface area contributed by atoms with Crippen LogP contribution in [0.2, 0.25) is 0 Å². The van der Waals surface area contributed by atoms with Gasteiger partial charge in [-0.2, -0.15) is 0 Å². The molecule has 2 atom stereocenters. The van der Waals surface area contributed by atoms with Crippen molar-refractivity contribution in [2.75, 3.05) is 32.1 Å². The lowest BCUT2D eigenvalue weighted by Crippen LogP contribution is -2.44. The summed E-state index contributed by atoms with van der Waals surface area (Å²) in [6, 6.07) is 0. The number of nitrogens with zero attached hydrogens (tertiary/aromatic N) is 3. The Morgan fingerprint density at radius 2 is 2.24 bits per heavy atom. The van der Waals surface area contributed by atoms with Gasteiger partial charge in [0.2, 0.25) is 0 Å². The Hall–Kier alpha value is -1.20. The molecule has 0 amide bonds. The van der Waals surface area contributed by atoms with Crippen LogP contribution in [0.1, 0.15) is 44.6 Å². The molecule has 21 heavy (non-hydrogen) atoms. The first-order valence-corrected chi connectivity index (χ1v) is 7.85. The molecule has 0 aromatic carbocycles. The maximum absolute atomic E-state index is 5.62. The van der Waals surface area contributed by atoms with Gasteiger partial charge < -0.3 is 15.0 Å². The van der Waals surface area contributed by atoms with E-state index in [0.717, 1.165) is 43.3 Å². The Bertz CT molecular complexity index is 464. The van der Waals surface area contributed by atoms with Gasteiger partial charge in [0.15, 0.2) is 0 Å². The normalized spacial score (nSPS) is 22.9. The zero-order valence-electron chi connectivity index (χ0n) is 13.9. The molecule has 0 radical (unpaired) electrons. The van der Waals surface area contributed by atoms with Crippen LogP contribution < -0.4 is 10.2 Å². The highest BCUT2D eigenvalue weighted by Crippen LogP contribution is 2.27. The third-order valence-corrected chi connectivity index (χ3v) is 4.26. The molecule has 0 aliphatic carbocycles. The van der Waals surface area contributed by atoms with Crippen LogP contribution in [0.3, 0.4) is 0 Å². The molecule has 2 heterocycles. The van der Waals surface area contributed by atoms with Gasteiger partial charge in [-0.15, -0.1) is 0 Å². The minimum absolute atomic E-state index is 0.283. The fraction of sp³-hybridized carbons (Fsp3) is 0.750. The highest BCUT2D eigenvalue weighted by atomic mass is 16.5. The minimum atomic E-state index is 0.283. The summed E-state index contributed by atoms with van der Waals surface area (Å²) in [5.41, 5.74) is 2.23. The van der Waals surface area contributed by atoms with Crippen LogP contribution >= 0.6 is 0 Å². The number of piperidine rings is 1. The van der Waals surface area contributed by atoms with Gasteiger partial charge in [-0.25, -0.2) is 9.97 Å². The predicted octanol–water partition coefficient (Wildman–Crippen LogP) is 2.18. The fourth-order valence-corrected chi connectivity index (χ4v) is 2.83. The van der Waals surface area contributed by atoms with Gasteiger partial charge >= 0.3 is 0 Å². The summed E-state index contributed by atoms with van der Waals surface area (Å²) in [5.74, 6) is 1.87. The van der Waals surface area contributed by atoms with Crippen molar-refractivity contribution in [3.05, 3.63) is 17.7 Å². The molecule has 2 rings (SSSR count). The zero-order chi connectivity index (χ0) is 15.4. The lowest BCUT2D eigenvalue weighted by molar-refractivity contribution is 0.0497. The summed E-state index contributed by atoms with van der Waals surface area (Å²) in [4.78, 5) is 11.7. The molecule has 0 bridgehead atoms. The molecule has 1 aromatic rings. The minimum Gasteiger partial charge on any atom is -0.379 e. The number of ether oxygens (including phenoxy) is 1. The largest absolute Gasteiger partial charge is 0.379 e. The lowest BCUT2D eigenvalue weighted by atomic mass is 9.95. The van der Waals surface area contributed by atoms with Crippen molar-refractivity contribution in [1.29, 1.82) is 0 Å². The Kier molecular flexibility index (Phi) is 5.53. The van der Waals surface area contributed by atoms with Gasteiger partial charge in [-0.3, -0.25) is 0 Å². The number of anilines is 1. The van der Waals surface area contributed by atoms with Crippen molar-refractivity contribution >= 4 is 5.69 Å². The molecular weight excluding hydrogens is 264 g/mol. The first-order chi connectivity index (χ1) is 10.1. The Morgan fingerprint density at radius 1 is 1.48 bits per heavy atom. The summed E-state index contributed by atoms with van der Waals surface area (Å²) >= 11 is 0. The fourth-order valence-electron chi connectivity index (χ4n) is 2.83. The van der Waals surface area contributed by atoms with Crippen LogP contribution in [0.4, 0.5) is 5.69 Å². The van der Waals surface area contributed by atoms with Crippen LogP contribution in [0, 0.1) is 5.92 Å². The predicted molar refractivity (Wildman–Crippen MR) is 85.7 cm³/mol. The second kappa shape index (κ2) is 7.18. The molecule has 1 fully saturated rings. The van der Waals surface area contributed by atoms with E-state index >= 15 is 0 Å². The number of rotatable bonds is 5. The maximum Gasteiger partial charge on any atom is 0.131 e. The standard InChI is InChI=1S/C16H28N4O/c1-11(2)16-18-9-14(13(19-16)8-17-4)20-7-6-12(3)15(10-20)21-5/h9,11-12,15,17H,6-8,10H2,1-5H3. The van der Waals surface area contributed by atoms with E-state index in [1.54, 1.807) is 7.11 Å². The van der Waals surface area contributed by atoms with Crippen molar-refractivity contribution < 1.29 is 4.74 Å². The van der Waals surface area contributed by atoms with Crippen molar-refractivity contribution in [3.63, 3.8) is 0 Å². The van der Waals surface area contributed by atoms with Crippen LogP contribution in [0.15, 0.2) is 6.20 Å². The summed E-state index contributed by atoms with van der Waals surface area (Å²) in [6.07, 6.45) is 3.41. The summed E-state index contributed by atoms with van der Waals surface area (Å²) in [7, 11) is 3.76. The summed E-state index contributed by atoms with van der Waals surface area (Å²) in [5, 5.41) is 3.22. The first kappa shape index (κ1) is 16.2. The van der Waals surface area contributed by atoms with Gasteiger partial charge in [0.25, 0.3) is 0 Å². The molecule has 0 spiro atoms. The molecule has 1 aromatic heterocycles. The quantitative estimate of drug-likeness (QED) is 0.901. The molecule has 5 nitrogen and oxygen atoms in total. The molecule has 1 saturated heterocycles. The van der Waals surface area contributed by atoms with Gasteiger partial charge in [-0.1, -0.05) is 20.8 Å². The lowest BCUT2D eigenvalue weighted by Gasteiger charge is -2.38. The van der Waals surface area contributed by atoms with Crippen molar-refractivity contribution in [2.24, 2.45) is 5.92 Å². The van der Waals surface area contributed by atoms with E-state index in [1.165, 1.54) is 0 Å². The van der Waals surface area contributed by atoms with Crippen LogP contribution in [-0.2, 0) is 11.3 Å². The zero-order valence-corrected chi connectivity index (χ0v) is 13.9. The highest BCUT2D eigenvalue weighted by molar-refractivity contribution is 5.50. The Morgan fingerprint density at radius 3 is 2.86 bits per heavy atom. The molecule has 118 valence electrons. The highest BCUT2D eigenvalue weighted by Gasteiger charge is 2.27. The van der Waals surface area contributed by atoms with E-state index in [1.807, 2.05) is 13.2 Å². The summed E-state index contributed by atoms with van der Waals surface area (Å²) in [6.45, 7) is 9.24. The van der Waals surface area contributed by atoms with Gasteiger partial charge in [-0.05, 0) is 19.4 Å². The Balaban J connectivity index is 2.25. The maximum atomic E-state index is 5.62. The van der Waals surface area contributed by atoms with Gasteiger partial charge in [0, 0.05) is 32.7 Å². The number of methoxy groups -OCH3 is 1. The van der Waals surface area contributed by atoms with E-state index in [4.69, 9.17) is 9.72 Å². The van der Waals surface area contributed by atoms with E-state index < -0.39 is 0 Å². The summed E-state index contributed by atoms with van der Waals surface area (Å²) < 4.78 is 5.62. The third kappa shape index (κ3) is 3.71. The van der Waals surface area contributed by atoms with Crippen LogP contribution in [0.25, 0.3) is 0 Å². The average Bonchev–Trinajstić information content (AvgIpc) is 2.48. The van der Waals surface area contributed by atoms with Gasteiger partial charge in [0.1, 0.15) is 5.82 Å².